The molecule has 1 aliphatic carbocycles. The Hall–Kier alpha value is -1.14. The number of ether oxygens (including phenoxy) is 3. The molecule has 1 N–H and O–H groups in total. The van der Waals surface area contributed by atoms with Gasteiger partial charge in [0.2, 0.25) is 0 Å². The SMILES string of the molecule is O=C(O)C1(C(=O)OCC2COCCO2)CCCCC1. The molecule has 1 unspecified atom stereocenters. The van der Waals surface area contributed by atoms with E-state index in [0.717, 1.165) is 19.3 Å². The fourth-order valence-electron chi connectivity index (χ4n) is 2.60. The van der Waals surface area contributed by atoms with Crippen LogP contribution in [0.4, 0.5) is 0 Å². The molecule has 0 aromatic heterocycles. The minimum atomic E-state index is -1.35. The van der Waals surface area contributed by atoms with Crippen molar-refractivity contribution in [3.8, 4) is 0 Å². The molecule has 1 saturated heterocycles. The summed E-state index contributed by atoms with van der Waals surface area (Å²) in [7, 11) is 0. The number of esters is 1. The average molecular weight is 272 g/mol. The Kier molecular flexibility index (Phi) is 4.76. The van der Waals surface area contributed by atoms with Gasteiger partial charge in [0.15, 0.2) is 5.41 Å². The molecule has 0 aromatic carbocycles. The van der Waals surface area contributed by atoms with Gasteiger partial charge >= 0.3 is 11.9 Å². The maximum Gasteiger partial charge on any atom is 0.323 e. The predicted molar refractivity (Wildman–Crippen MR) is 64.7 cm³/mol. The van der Waals surface area contributed by atoms with Crippen LogP contribution in [0.25, 0.3) is 0 Å². The third kappa shape index (κ3) is 3.25. The van der Waals surface area contributed by atoms with E-state index in [2.05, 4.69) is 0 Å². The average Bonchev–Trinajstić information content (AvgIpc) is 2.46. The van der Waals surface area contributed by atoms with Crippen molar-refractivity contribution in [1.29, 1.82) is 0 Å². The molecule has 1 saturated carbocycles. The third-order valence-electron chi connectivity index (χ3n) is 3.79. The summed E-state index contributed by atoms with van der Waals surface area (Å²) < 4.78 is 15.7. The van der Waals surface area contributed by atoms with Gasteiger partial charge in [-0.3, -0.25) is 9.59 Å². The zero-order valence-electron chi connectivity index (χ0n) is 10.9. The first-order valence-electron chi connectivity index (χ1n) is 6.75. The Morgan fingerprint density at radius 2 is 1.95 bits per heavy atom. The van der Waals surface area contributed by atoms with Crippen LogP contribution in [0.1, 0.15) is 32.1 Å². The van der Waals surface area contributed by atoms with Gasteiger partial charge in [-0.05, 0) is 12.8 Å². The van der Waals surface area contributed by atoms with E-state index < -0.39 is 17.4 Å². The Morgan fingerprint density at radius 3 is 2.53 bits per heavy atom. The van der Waals surface area contributed by atoms with Crippen LogP contribution in [-0.2, 0) is 23.8 Å². The topological polar surface area (TPSA) is 82.1 Å². The molecule has 2 fully saturated rings. The predicted octanol–water partition coefficient (Wildman–Crippen LogP) is 0.980. The molecule has 0 bridgehead atoms. The normalized spacial score (nSPS) is 26.6. The number of hydrogen-bond acceptors (Lipinski definition) is 5. The van der Waals surface area contributed by atoms with Crippen molar-refractivity contribution in [2.24, 2.45) is 5.41 Å². The number of rotatable bonds is 4. The van der Waals surface area contributed by atoms with Gasteiger partial charge in [0.05, 0.1) is 19.8 Å². The lowest BCUT2D eigenvalue weighted by Gasteiger charge is -2.31. The summed E-state index contributed by atoms with van der Waals surface area (Å²) in [5, 5.41) is 9.34. The summed E-state index contributed by atoms with van der Waals surface area (Å²) in [4.78, 5) is 23.5. The Labute approximate surface area is 112 Å². The highest BCUT2D eigenvalue weighted by molar-refractivity contribution is 5.99. The molecule has 0 radical (unpaired) electrons. The molecule has 108 valence electrons. The van der Waals surface area contributed by atoms with Crippen molar-refractivity contribution in [1.82, 2.24) is 0 Å². The second-order valence-electron chi connectivity index (χ2n) is 5.11. The molecule has 0 amide bonds. The first kappa shape index (κ1) is 14.3. The van der Waals surface area contributed by atoms with Gasteiger partial charge in [0, 0.05) is 0 Å². The molecule has 1 atom stereocenters. The first-order chi connectivity index (χ1) is 9.15. The molecule has 2 rings (SSSR count). The fraction of sp³-hybridized carbons (Fsp3) is 0.846. The van der Waals surface area contributed by atoms with Gasteiger partial charge in [-0.2, -0.15) is 0 Å². The second kappa shape index (κ2) is 6.34. The van der Waals surface area contributed by atoms with Gasteiger partial charge in [-0.15, -0.1) is 0 Å². The zero-order valence-corrected chi connectivity index (χ0v) is 10.9. The van der Waals surface area contributed by atoms with Gasteiger partial charge in [-0.1, -0.05) is 19.3 Å². The molecule has 0 spiro atoms. The van der Waals surface area contributed by atoms with E-state index in [-0.39, 0.29) is 12.7 Å². The molecule has 6 heteroatoms. The number of carboxylic acid groups (broad SMARTS) is 1. The van der Waals surface area contributed by atoms with Gasteiger partial charge in [-0.25, -0.2) is 0 Å². The lowest BCUT2D eigenvalue weighted by atomic mass is 9.74. The molecule has 2 aliphatic rings. The molecular formula is C13H20O6. The third-order valence-corrected chi connectivity index (χ3v) is 3.79. The van der Waals surface area contributed by atoms with Crippen LogP contribution in [0.3, 0.4) is 0 Å². The molecule has 1 aliphatic heterocycles. The Morgan fingerprint density at radius 1 is 1.21 bits per heavy atom. The number of hydrogen-bond donors (Lipinski definition) is 1. The standard InChI is InChI=1S/C13H20O6/c14-11(15)13(4-2-1-3-5-13)12(16)19-9-10-8-17-6-7-18-10/h10H,1-9H2,(H,14,15). The van der Waals surface area contributed by atoms with E-state index >= 15 is 0 Å². The maximum absolute atomic E-state index is 12.1. The van der Waals surface area contributed by atoms with E-state index in [1.807, 2.05) is 0 Å². The van der Waals surface area contributed by atoms with Crippen LogP contribution < -0.4 is 0 Å². The van der Waals surface area contributed by atoms with Crippen molar-refractivity contribution in [2.45, 2.75) is 38.2 Å². The lowest BCUT2D eigenvalue weighted by molar-refractivity contribution is -0.177. The summed E-state index contributed by atoms with van der Waals surface area (Å²) >= 11 is 0. The van der Waals surface area contributed by atoms with E-state index in [9.17, 15) is 14.7 Å². The fourth-order valence-corrected chi connectivity index (χ4v) is 2.60. The van der Waals surface area contributed by atoms with Crippen LogP contribution in [0.5, 0.6) is 0 Å². The highest BCUT2D eigenvalue weighted by atomic mass is 16.6. The molecule has 6 nitrogen and oxygen atoms in total. The monoisotopic (exact) mass is 272 g/mol. The number of carbonyl (C=O) groups excluding carboxylic acids is 1. The van der Waals surface area contributed by atoms with Gasteiger partial charge in [0.1, 0.15) is 12.7 Å². The van der Waals surface area contributed by atoms with Crippen LogP contribution >= 0.6 is 0 Å². The minimum absolute atomic E-state index is 0.0634. The summed E-state index contributed by atoms with van der Waals surface area (Å²) in [6.45, 7) is 1.47. The van der Waals surface area contributed by atoms with E-state index in [1.54, 1.807) is 0 Å². The van der Waals surface area contributed by atoms with E-state index in [1.165, 1.54) is 0 Å². The minimum Gasteiger partial charge on any atom is -0.480 e. The van der Waals surface area contributed by atoms with Crippen molar-refractivity contribution in [2.75, 3.05) is 26.4 Å². The summed E-state index contributed by atoms with van der Waals surface area (Å²) in [5.41, 5.74) is -1.35. The summed E-state index contributed by atoms with van der Waals surface area (Å²) in [6.07, 6.45) is 2.93. The molecular weight excluding hydrogens is 252 g/mol. The van der Waals surface area contributed by atoms with Crippen LogP contribution in [-0.4, -0.2) is 49.6 Å². The molecule has 1 heterocycles. The maximum atomic E-state index is 12.1. The first-order valence-corrected chi connectivity index (χ1v) is 6.75. The number of carbonyl (C=O) groups is 2. The Balaban J connectivity index is 1.90. The lowest BCUT2D eigenvalue weighted by Crippen LogP contribution is -2.44. The van der Waals surface area contributed by atoms with Crippen LogP contribution in [0, 0.1) is 5.41 Å². The molecule has 19 heavy (non-hydrogen) atoms. The number of aliphatic carboxylic acids is 1. The summed E-state index contributed by atoms with van der Waals surface area (Å²) in [5.74, 6) is -1.70. The zero-order chi connectivity index (χ0) is 13.7. The molecule has 0 aromatic rings. The van der Waals surface area contributed by atoms with Gasteiger partial charge < -0.3 is 19.3 Å². The Bertz CT molecular complexity index is 328. The summed E-state index contributed by atoms with van der Waals surface area (Å²) in [6, 6.07) is 0. The van der Waals surface area contributed by atoms with E-state index in [4.69, 9.17) is 14.2 Å². The van der Waals surface area contributed by atoms with Crippen molar-refractivity contribution in [3.63, 3.8) is 0 Å². The smallest absolute Gasteiger partial charge is 0.323 e. The van der Waals surface area contributed by atoms with Crippen LogP contribution in [0.15, 0.2) is 0 Å². The second-order valence-corrected chi connectivity index (χ2v) is 5.11. The highest BCUT2D eigenvalue weighted by Gasteiger charge is 2.48. The van der Waals surface area contributed by atoms with Crippen LogP contribution in [0.2, 0.25) is 0 Å². The largest absolute Gasteiger partial charge is 0.480 e. The number of carboxylic acids is 1. The van der Waals surface area contributed by atoms with Gasteiger partial charge in [0.25, 0.3) is 0 Å². The van der Waals surface area contributed by atoms with E-state index in [0.29, 0.717) is 32.7 Å². The van der Waals surface area contributed by atoms with Crippen molar-refractivity contribution in [3.05, 3.63) is 0 Å². The highest BCUT2D eigenvalue weighted by Crippen LogP contribution is 2.37. The van der Waals surface area contributed by atoms with Crippen molar-refractivity contribution >= 4 is 11.9 Å². The van der Waals surface area contributed by atoms with Crippen molar-refractivity contribution < 1.29 is 28.9 Å². The quantitative estimate of drug-likeness (QED) is 0.607.